The van der Waals surface area contributed by atoms with E-state index in [1.165, 1.54) is 50.5 Å². The summed E-state index contributed by atoms with van der Waals surface area (Å²) in [6.07, 6.45) is 11.5. The molecule has 0 N–H and O–H groups in total. The van der Waals surface area contributed by atoms with Crippen LogP contribution in [0.4, 0.5) is 8.78 Å². The summed E-state index contributed by atoms with van der Waals surface area (Å²) in [6, 6.07) is 2.83. The molecule has 0 saturated heterocycles. The molecular formula is C20H28F2O2. The molecule has 0 radical (unpaired) electrons. The lowest BCUT2D eigenvalue weighted by molar-refractivity contribution is 0.172. The smallest absolute Gasteiger partial charge is 0.205 e. The number of allylic oxidation sites excluding steroid dienone is 1. The summed E-state index contributed by atoms with van der Waals surface area (Å²) in [6.45, 7) is 4.41. The second-order valence-electron chi connectivity index (χ2n) is 6.62. The van der Waals surface area contributed by atoms with Crippen molar-refractivity contribution in [2.75, 3.05) is 6.61 Å². The summed E-state index contributed by atoms with van der Waals surface area (Å²) >= 11 is 0. The molecule has 2 nitrogen and oxygen atoms in total. The predicted octanol–water partition coefficient (Wildman–Crippen LogP) is 6.25. The van der Waals surface area contributed by atoms with E-state index in [1.54, 1.807) is 13.0 Å². The topological polar surface area (TPSA) is 18.5 Å². The van der Waals surface area contributed by atoms with Gasteiger partial charge in [-0.05, 0) is 43.7 Å². The number of halogens is 2. The van der Waals surface area contributed by atoms with Crippen LogP contribution in [0.2, 0.25) is 0 Å². The molecule has 1 aliphatic carbocycles. The molecule has 0 heterocycles. The highest BCUT2D eigenvalue weighted by molar-refractivity contribution is 5.35. The number of ether oxygens (including phenoxy) is 2. The van der Waals surface area contributed by atoms with Gasteiger partial charge in [0.25, 0.3) is 0 Å². The first-order valence-corrected chi connectivity index (χ1v) is 9.04. The second kappa shape index (κ2) is 9.65. The first kappa shape index (κ1) is 18.8. The number of hydrogen-bond acceptors (Lipinski definition) is 2. The quantitative estimate of drug-likeness (QED) is 0.521. The standard InChI is InChI=1S/C20H28F2O2/c1-3-5-6-15-7-9-16(10-8-15)14-24-18-12-11-17(23-13-4-2)19(21)20(18)22/h4,11-13,15-16H,3,5-10,14H2,1-2H3. The van der Waals surface area contributed by atoms with Gasteiger partial charge in [0, 0.05) is 0 Å². The third-order valence-electron chi connectivity index (χ3n) is 4.75. The molecule has 0 aromatic heterocycles. The largest absolute Gasteiger partial charge is 0.490 e. The lowest BCUT2D eigenvalue weighted by Crippen LogP contribution is -2.20. The van der Waals surface area contributed by atoms with Crippen LogP contribution >= 0.6 is 0 Å². The highest BCUT2D eigenvalue weighted by atomic mass is 19.2. The van der Waals surface area contributed by atoms with Gasteiger partial charge >= 0.3 is 0 Å². The Kier molecular flexibility index (Phi) is 7.54. The molecule has 1 aromatic carbocycles. The molecule has 1 fully saturated rings. The molecule has 134 valence electrons. The fourth-order valence-electron chi connectivity index (χ4n) is 3.25. The van der Waals surface area contributed by atoms with Crippen molar-refractivity contribution >= 4 is 0 Å². The van der Waals surface area contributed by atoms with Crippen molar-refractivity contribution in [3.8, 4) is 11.5 Å². The van der Waals surface area contributed by atoms with Gasteiger partial charge in [0.15, 0.2) is 11.5 Å². The fourth-order valence-corrected chi connectivity index (χ4v) is 3.25. The van der Waals surface area contributed by atoms with E-state index in [2.05, 4.69) is 6.92 Å². The maximum atomic E-state index is 14.0. The van der Waals surface area contributed by atoms with E-state index < -0.39 is 11.6 Å². The molecule has 1 aromatic rings. The SMILES string of the molecule is CC=COc1ccc(OCC2CCC(CCCC)CC2)c(F)c1F. The van der Waals surface area contributed by atoms with Crippen LogP contribution in [0.25, 0.3) is 0 Å². The van der Waals surface area contributed by atoms with Crippen LogP contribution in [0, 0.1) is 23.5 Å². The van der Waals surface area contributed by atoms with Gasteiger partial charge in [0.2, 0.25) is 11.6 Å². The molecule has 0 unspecified atom stereocenters. The third-order valence-corrected chi connectivity index (χ3v) is 4.75. The van der Waals surface area contributed by atoms with Crippen LogP contribution in [0.5, 0.6) is 11.5 Å². The molecule has 0 atom stereocenters. The number of benzene rings is 1. The normalized spacial score (nSPS) is 21.2. The third kappa shape index (κ3) is 5.22. The zero-order valence-corrected chi connectivity index (χ0v) is 14.7. The first-order chi connectivity index (χ1) is 11.7. The summed E-state index contributed by atoms with van der Waals surface area (Å²) in [5, 5.41) is 0. The van der Waals surface area contributed by atoms with Crippen molar-refractivity contribution in [2.24, 2.45) is 11.8 Å². The van der Waals surface area contributed by atoms with Gasteiger partial charge in [0.1, 0.15) is 0 Å². The molecule has 0 amide bonds. The second-order valence-corrected chi connectivity index (χ2v) is 6.62. The van der Waals surface area contributed by atoms with Crippen LogP contribution < -0.4 is 9.47 Å². The molecule has 4 heteroatoms. The minimum absolute atomic E-state index is 0.0339. The van der Waals surface area contributed by atoms with Crippen molar-refractivity contribution in [2.45, 2.75) is 58.8 Å². The Morgan fingerprint density at radius 3 is 2.33 bits per heavy atom. The van der Waals surface area contributed by atoms with Crippen molar-refractivity contribution in [3.05, 3.63) is 36.1 Å². The molecule has 24 heavy (non-hydrogen) atoms. The summed E-state index contributed by atoms with van der Waals surface area (Å²) < 4.78 is 38.5. The minimum atomic E-state index is -1.01. The molecule has 0 aliphatic heterocycles. The molecule has 0 bridgehead atoms. The molecule has 1 aliphatic rings. The van der Waals surface area contributed by atoms with Crippen LogP contribution in [0.3, 0.4) is 0 Å². The van der Waals surface area contributed by atoms with E-state index in [0.717, 1.165) is 18.8 Å². The monoisotopic (exact) mass is 338 g/mol. The van der Waals surface area contributed by atoms with E-state index in [9.17, 15) is 8.78 Å². The Bertz CT molecular complexity index is 535. The van der Waals surface area contributed by atoms with Crippen molar-refractivity contribution in [1.29, 1.82) is 0 Å². The van der Waals surface area contributed by atoms with Crippen molar-refractivity contribution in [1.82, 2.24) is 0 Å². The lowest BCUT2D eigenvalue weighted by atomic mass is 9.80. The Labute approximate surface area is 143 Å². The lowest BCUT2D eigenvalue weighted by Gasteiger charge is -2.28. The highest BCUT2D eigenvalue weighted by Crippen LogP contribution is 2.33. The average Bonchev–Trinajstić information content (AvgIpc) is 2.61. The summed E-state index contributed by atoms with van der Waals surface area (Å²) in [4.78, 5) is 0. The maximum absolute atomic E-state index is 14.0. The molecule has 0 spiro atoms. The van der Waals surface area contributed by atoms with Crippen LogP contribution in [0.15, 0.2) is 24.5 Å². The van der Waals surface area contributed by atoms with Gasteiger partial charge in [0.05, 0.1) is 12.9 Å². The molecule has 2 rings (SSSR count). The van der Waals surface area contributed by atoms with E-state index >= 15 is 0 Å². The number of unbranched alkanes of at least 4 members (excludes halogenated alkanes) is 1. The zero-order chi connectivity index (χ0) is 17.4. The fraction of sp³-hybridized carbons (Fsp3) is 0.600. The Morgan fingerprint density at radius 1 is 1.04 bits per heavy atom. The maximum Gasteiger partial charge on any atom is 0.205 e. The minimum Gasteiger partial charge on any atom is -0.490 e. The summed E-state index contributed by atoms with van der Waals surface area (Å²) in [5.41, 5.74) is 0. The van der Waals surface area contributed by atoms with Crippen molar-refractivity contribution in [3.63, 3.8) is 0 Å². The summed E-state index contributed by atoms with van der Waals surface area (Å²) in [5.74, 6) is -0.881. The van der Waals surface area contributed by atoms with Gasteiger partial charge in [-0.1, -0.05) is 45.1 Å². The number of hydrogen-bond donors (Lipinski definition) is 0. The van der Waals surface area contributed by atoms with E-state index in [4.69, 9.17) is 9.47 Å². The highest BCUT2D eigenvalue weighted by Gasteiger charge is 2.22. The zero-order valence-electron chi connectivity index (χ0n) is 14.7. The predicted molar refractivity (Wildman–Crippen MR) is 92.3 cm³/mol. The van der Waals surface area contributed by atoms with E-state index in [0.29, 0.717) is 12.5 Å². The Hall–Kier alpha value is -1.58. The molecule has 1 saturated carbocycles. The first-order valence-electron chi connectivity index (χ1n) is 9.04. The molecular weight excluding hydrogens is 310 g/mol. The Morgan fingerprint density at radius 2 is 1.67 bits per heavy atom. The average molecular weight is 338 g/mol. The number of rotatable bonds is 8. The Balaban J connectivity index is 1.83. The van der Waals surface area contributed by atoms with Gasteiger partial charge in [-0.2, -0.15) is 8.78 Å². The van der Waals surface area contributed by atoms with Gasteiger partial charge in [-0.15, -0.1) is 0 Å². The van der Waals surface area contributed by atoms with Crippen LogP contribution in [-0.4, -0.2) is 6.61 Å². The van der Waals surface area contributed by atoms with Gasteiger partial charge in [-0.3, -0.25) is 0 Å². The van der Waals surface area contributed by atoms with Gasteiger partial charge < -0.3 is 9.47 Å². The van der Waals surface area contributed by atoms with Crippen LogP contribution in [0.1, 0.15) is 58.8 Å². The van der Waals surface area contributed by atoms with Gasteiger partial charge in [-0.25, -0.2) is 0 Å². The van der Waals surface area contributed by atoms with E-state index in [1.807, 2.05) is 0 Å². The van der Waals surface area contributed by atoms with E-state index in [-0.39, 0.29) is 11.5 Å². The van der Waals surface area contributed by atoms with Crippen LogP contribution in [-0.2, 0) is 0 Å². The van der Waals surface area contributed by atoms with Crippen molar-refractivity contribution < 1.29 is 18.3 Å². The summed E-state index contributed by atoms with van der Waals surface area (Å²) in [7, 11) is 0.